The van der Waals surface area contributed by atoms with E-state index in [1.807, 2.05) is 56.3 Å². The van der Waals surface area contributed by atoms with E-state index in [1.54, 1.807) is 0 Å². The first-order chi connectivity index (χ1) is 14.5. The molecule has 3 aromatic rings. The number of aromatic amines is 1. The molecule has 1 aromatic carbocycles. The van der Waals surface area contributed by atoms with E-state index in [-0.39, 0.29) is 17.6 Å². The molecular weight excluding hydrogens is 376 g/mol. The number of H-pyrrole nitrogens is 1. The highest BCUT2D eigenvalue weighted by Gasteiger charge is 2.31. The number of esters is 1. The maximum absolute atomic E-state index is 13.0. The van der Waals surface area contributed by atoms with E-state index in [0.29, 0.717) is 17.2 Å². The van der Waals surface area contributed by atoms with Crippen molar-refractivity contribution in [2.45, 2.75) is 52.2 Å². The maximum Gasteiger partial charge on any atom is 0.355 e. The van der Waals surface area contributed by atoms with Crippen LogP contribution in [0.15, 0.2) is 47.3 Å². The summed E-state index contributed by atoms with van der Waals surface area (Å²) in [4.78, 5) is 28.9. The summed E-state index contributed by atoms with van der Waals surface area (Å²) in [6.45, 7) is 4.52. The highest BCUT2D eigenvalue weighted by molar-refractivity contribution is 5.90. The van der Waals surface area contributed by atoms with Crippen LogP contribution in [0.2, 0.25) is 0 Å². The minimum absolute atomic E-state index is 0.0988. The average Bonchev–Trinajstić information content (AvgIpc) is 3.46. The van der Waals surface area contributed by atoms with Gasteiger partial charge in [-0.05, 0) is 74.3 Å². The third-order valence-corrected chi connectivity index (χ3v) is 5.97. The van der Waals surface area contributed by atoms with Gasteiger partial charge < -0.3 is 14.3 Å². The Kier molecular flexibility index (Phi) is 4.61. The minimum Gasteiger partial charge on any atom is -0.458 e. The van der Waals surface area contributed by atoms with Crippen LogP contribution in [0.3, 0.4) is 0 Å². The molecule has 2 aliphatic rings. The zero-order chi connectivity index (χ0) is 20.8. The van der Waals surface area contributed by atoms with Gasteiger partial charge in [-0.3, -0.25) is 4.79 Å². The molecule has 2 aromatic heterocycles. The molecule has 1 fully saturated rings. The third-order valence-electron chi connectivity index (χ3n) is 5.97. The SMILES string of the molecule is CC(C)OC(=O)c1cc2c(n1CC1CC1)-c1[nH]c(=O)c(-c3ccccc3)cc1CC2. The summed E-state index contributed by atoms with van der Waals surface area (Å²) in [5.41, 5.74) is 6.18. The van der Waals surface area contributed by atoms with Gasteiger partial charge in [0.15, 0.2) is 0 Å². The van der Waals surface area contributed by atoms with Gasteiger partial charge in [0.2, 0.25) is 0 Å². The van der Waals surface area contributed by atoms with E-state index in [0.717, 1.165) is 47.5 Å². The fourth-order valence-corrected chi connectivity index (χ4v) is 4.37. The molecule has 0 bridgehead atoms. The van der Waals surface area contributed by atoms with Gasteiger partial charge in [0.1, 0.15) is 5.69 Å². The number of carbonyl (C=O) groups is 1. The molecule has 2 heterocycles. The third kappa shape index (κ3) is 3.38. The van der Waals surface area contributed by atoms with E-state index in [2.05, 4.69) is 9.55 Å². The molecule has 0 saturated heterocycles. The van der Waals surface area contributed by atoms with Crippen LogP contribution in [0, 0.1) is 5.92 Å². The molecular formula is C25H26N2O3. The monoisotopic (exact) mass is 402 g/mol. The van der Waals surface area contributed by atoms with Crippen molar-refractivity contribution in [3.8, 4) is 22.5 Å². The molecule has 2 aliphatic carbocycles. The summed E-state index contributed by atoms with van der Waals surface area (Å²) in [5.74, 6) is 0.303. The van der Waals surface area contributed by atoms with Gasteiger partial charge in [-0.25, -0.2) is 4.79 Å². The summed E-state index contributed by atoms with van der Waals surface area (Å²) in [5, 5.41) is 0. The quantitative estimate of drug-likeness (QED) is 0.635. The zero-order valence-electron chi connectivity index (χ0n) is 17.4. The van der Waals surface area contributed by atoms with Crippen LogP contribution in [0.25, 0.3) is 22.5 Å². The van der Waals surface area contributed by atoms with E-state index >= 15 is 0 Å². The molecule has 5 heteroatoms. The molecule has 0 atom stereocenters. The molecule has 5 rings (SSSR count). The van der Waals surface area contributed by atoms with E-state index in [9.17, 15) is 9.59 Å². The number of ether oxygens (including phenoxy) is 1. The number of hydrogen-bond acceptors (Lipinski definition) is 3. The maximum atomic E-state index is 13.0. The van der Waals surface area contributed by atoms with Crippen molar-refractivity contribution in [3.63, 3.8) is 0 Å². The van der Waals surface area contributed by atoms with Crippen LogP contribution < -0.4 is 5.56 Å². The second-order valence-corrected chi connectivity index (χ2v) is 8.69. The van der Waals surface area contributed by atoms with Crippen LogP contribution >= 0.6 is 0 Å². The summed E-state index contributed by atoms with van der Waals surface area (Å²) >= 11 is 0. The summed E-state index contributed by atoms with van der Waals surface area (Å²) in [6.07, 6.45) is 3.89. The van der Waals surface area contributed by atoms with Gasteiger partial charge in [0, 0.05) is 12.1 Å². The second-order valence-electron chi connectivity index (χ2n) is 8.69. The number of pyridine rings is 1. The number of benzene rings is 1. The fraction of sp³-hybridized carbons (Fsp3) is 0.360. The number of nitrogens with one attached hydrogen (secondary N) is 1. The molecule has 5 nitrogen and oxygen atoms in total. The normalized spacial score (nSPS) is 15.0. The Hall–Kier alpha value is -3.08. The van der Waals surface area contributed by atoms with Crippen molar-refractivity contribution in [3.05, 3.63) is 69.6 Å². The van der Waals surface area contributed by atoms with Crippen molar-refractivity contribution >= 4 is 5.97 Å². The van der Waals surface area contributed by atoms with Gasteiger partial charge in [-0.15, -0.1) is 0 Å². The Bertz CT molecular complexity index is 1170. The number of rotatable bonds is 5. The van der Waals surface area contributed by atoms with Gasteiger partial charge in [-0.1, -0.05) is 30.3 Å². The van der Waals surface area contributed by atoms with Crippen LogP contribution in [0.1, 0.15) is 48.3 Å². The topological polar surface area (TPSA) is 64.1 Å². The first-order valence-corrected chi connectivity index (χ1v) is 10.8. The molecule has 30 heavy (non-hydrogen) atoms. The standard InChI is InChI=1S/C25H26N2O3/c1-15(2)30-25(29)21-13-19-11-10-18-12-20(17-6-4-3-5-7-17)24(28)26-22(18)23(19)27(21)14-16-8-9-16/h3-7,12-13,15-16H,8-11,14H2,1-2H3,(H,26,28). The number of nitrogens with zero attached hydrogens (tertiary/aromatic N) is 1. The lowest BCUT2D eigenvalue weighted by molar-refractivity contribution is 0.0365. The lowest BCUT2D eigenvalue weighted by Gasteiger charge is -2.21. The molecule has 0 unspecified atom stereocenters. The van der Waals surface area contributed by atoms with E-state index < -0.39 is 0 Å². The van der Waals surface area contributed by atoms with Crippen molar-refractivity contribution < 1.29 is 9.53 Å². The Balaban J connectivity index is 1.64. The molecule has 1 N–H and O–H groups in total. The molecule has 0 amide bonds. The van der Waals surface area contributed by atoms with Crippen molar-refractivity contribution in [2.75, 3.05) is 0 Å². The minimum atomic E-state index is -0.287. The highest BCUT2D eigenvalue weighted by atomic mass is 16.5. The summed E-state index contributed by atoms with van der Waals surface area (Å²) in [6, 6.07) is 13.7. The Morgan fingerprint density at radius 3 is 2.57 bits per heavy atom. The average molecular weight is 402 g/mol. The lowest BCUT2D eigenvalue weighted by Crippen LogP contribution is -2.20. The summed E-state index contributed by atoms with van der Waals surface area (Å²) in [7, 11) is 0. The molecule has 154 valence electrons. The Morgan fingerprint density at radius 2 is 1.87 bits per heavy atom. The number of hydrogen-bond donors (Lipinski definition) is 1. The first kappa shape index (κ1) is 18.9. The number of fused-ring (bicyclic) bond motifs is 3. The fourth-order valence-electron chi connectivity index (χ4n) is 4.37. The van der Waals surface area contributed by atoms with E-state index in [1.165, 1.54) is 12.8 Å². The Morgan fingerprint density at radius 1 is 1.13 bits per heavy atom. The predicted molar refractivity (Wildman–Crippen MR) is 117 cm³/mol. The summed E-state index contributed by atoms with van der Waals surface area (Å²) < 4.78 is 7.60. The van der Waals surface area contributed by atoms with Crippen LogP contribution in [0.4, 0.5) is 0 Å². The molecule has 1 saturated carbocycles. The predicted octanol–water partition coefficient (Wildman–Crippen LogP) is 4.58. The molecule has 0 radical (unpaired) electrons. The van der Waals surface area contributed by atoms with Crippen molar-refractivity contribution in [2.24, 2.45) is 5.92 Å². The number of aromatic nitrogens is 2. The number of carbonyl (C=O) groups excluding carboxylic acids is 1. The van der Waals surface area contributed by atoms with Crippen molar-refractivity contribution in [1.82, 2.24) is 9.55 Å². The Labute approximate surface area is 175 Å². The molecule has 0 aliphatic heterocycles. The van der Waals surface area contributed by atoms with Crippen LogP contribution in [-0.4, -0.2) is 21.6 Å². The smallest absolute Gasteiger partial charge is 0.355 e. The lowest BCUT2D eigenvalue weighted by atomic mass is 9.92. The van der Waals surface area contributed by atoms with E-state index in [4.69, 9.17) is 4.74 Å². The molecule has 0 spiro atoms. The van der Waals surface area contributed by atoms with Gasteiger partial charge in [-0.2, -0.15) is 0 Å². The van der Waals surface area contributed by atoms with Gasteiger partial charge in [0.25, 0.3) is 5.56 Å². The highest BCUT2D eigenvalue weighted by Crippen LogP contribution is 2.39. The van der Waals surface area contributed by atoms with Gasteiger partial charge >= 0.3 is 5.97 Å². The second kappa shape index (κ2) is 7.31. The number of aryl methyl sites for hydroxylation is 2. The largest absolute Gasteiger partial charge is 0.458 e. The zero-order valence-corrected chi connectivity index (χ0v) is 17.4. The van der Waals surface area contributed by atoms with Crippen LogP contribution in [0.5, 0.6) is 0 Å². The van der Waals surface area contributed by atoms with Crippen LogP contribution in [-0.2, 0) is 24.1 Å². The first-order valence-electron chi connectivity index (χ1n) is 10.8. The van der Waals surface area contributed by atoms with Crippen molar-refractivity contribution in [1.29, 1.82) is 0 Å². The van der Waals surface area contributed by atoms with Gasteiger partial charge in [0.05, 0.1) is 17.5 Å².